The van der Waals surface area contributed by atoms with Gasteiger partial charge in [-0.25, -0.2) is 0 Å². The summed E-state index contributed by atoms with van der Waals surface area (Å²) in [6, 6.07) is 0. The molecule has 3 rings (SSSR count). The van der Waals surface area contributed by atoms with E-state index in [1.54, 1.807) is 12.8 Å². The van der Waals surface area contributed by atoms with Gasteiger partial charge in [-0.3, -0.25) is 0 Å². The summed E-state index contributed by atoms with van der Waals surface area (Å²) in [7, 11) is 0. The molecule has 1 N–H and O–H groups in total. The van der Waals surface area contributed by atoms with Gasteiger partial charge in [0, 0.05) is 0 Å². The van der Waals surface area contributed by atoms with Crippen molar-refractivity contribution in [1.29, 1.82) is 0 Å². The lowest BCUT2D eigenvalue weighted by Gasteiger charge is -2.51. The second-order valence-corrected chi connectivity index (χ2v) is 7.32. The molecule has 18 heavy (non-hydrogen) atoms. The van der Waals surface area contributed by atoms with Gasteiger partial charge in [0.05, 0.1) is 0 Å². The average Bonchev–Trinajstić information content (AvgIpc) is 2.94. The molecule has 0 aromatic heterocycles. The fourth-order valence-corrected chi connectivity index (χ4v) is 5.30. The van der Waals surface area contributed by atoms with E-state index in [1.807, 2.05) is 0 Å². The molecule has 0 bridgehead atoms. The molecule has 104 valence electrons. The van der Waals surface area contributed by atoms with Crippen LogP contribution in [0.1, 0.15) is 71.1 Å². The topological polar surface area (TPSA) is 12.0 Å². The van der Waals surface area contributed by atoms with Gasteiger partial charge in [0.1, 0.15) is 0 Å². The molecule has 0 amide bonds. The Morgan fingerprint density at radius 3 is 2.39 bits per heavy atom. The fraction of sp³-hybridized carbons (Fsp3) is 1.00. The standard InChI is InChI=1S/C17H31N/c1-2-14-7-9-17(10-8-14)11-12-18-13-16(17)15-5-3-4-6-15/h14-16,18H,2-13H2,1H3. The lowest BCUT2D eigenvalue weighted by molar-refractivity contribution is 0.00820. The second kappa shape index (κ2) is 5.53. The third kappa shape index (κ3) is 2.35. The van der Waals surface area contributed by atoms with Crippen molar-refractivity contribution in [2.45, 2.75) is 71.1 Å². The Hall–Kier alpha value is -0.0400. The number of hydrogen-bond donors (Lipinski definition) is 1. The SMILES string of the molecule is CCC1CCC2(CCNCC2C2CCCC2)CC1. The molecule has 1 heteroatoms. The largest absolute Gasteiger partial charge is 0.316 e. The summed E-state index contributed by atoms with van der Waals surface area (Å²) in [5.41, 5.74) is 0.756. The predicted molar refractivity (Wildman–Crippen MR) is 77.6 cm³/mol. The molecule has 0 radical (unpaired) electrons. The molecule has 3 fully saturated rings. The van der Waals surface area contributed by atoms with Crippen LogP contribution in [0.3, 0.4) is 0 Å². The van der Waals surface area contributed by atoms with Crippen LogP contribution in [0.4, 0.5) is 0 Å². The van der Waals surface area contributed by atoms with Crippen molar-refractivity contribution in [3.63, 3.8) is 0 Å². The van der Waals surface area contributed by atoms with Crippen LogP contribution in [-0.4, -0.2) is 13.1 Å². The van der Waals surface area contributed by atoms with Gasteiger partial charge in [-0.05, 0) is 68.4 Å². The summed E-state index contributed by atoms with van der Waals surface area (Å²) in [6.07, 6.45) is 15.1. The average molecular weight is 249 g/mol. The monoisotopic (exact) mass is 249 g/mol. The smallest absolute Gasteiger partial charge is 0.00125 e. The summed E-state index contributed by atoms with van der Waals surface area (Å²) in [6.45, 7) is 5.01. The Labute approximate surface area is 113 Å². The van der Waals surface area contributed by atoms with Crippen molar-refractivity contribution in [2.24, 2.45) is 23.2 Å². The molecule has 1 heterocycles. The first-order valence-electron chi connectivity index (χ1n) is 8.55. The molecule has 1 unspecified atom stereocenters. The maximum Gasteiger partial charge on any atom is -0.00125 e. The van der Waals surface area contributed by atoms with Crippen molar-refractivity contribution in [2.75, 3.05) is 13.1 Å². The Kier molecular flexibility index (Phi) is 3.98. The van der Waals surface area contributed by atoms with Crippen LogP contribution in [-0.2, 0) is 0 Å². The normalized spacial score (nSPS) is 42.5. The molecular weight excluding hydrogens is 218 g/mol. The molecule has 0 aromatic carbocycles. The minimum Gasteiger partial charge on any atom is -0.316 e. The van der Waals surface area contributed by atoms with Gasteiger partial charge >= 0.3 is 0 Å². The molecule has 3 aliphatic rings. The molecule has 1 saturated heterocycles. The quantitative estimate of drug-likeness (QED) is 0.766. The van der Waals surface area contributed by atoms with E-state index in [0.29, 0.717) is 0 Å². The number of nitrogens with one attached hydrogen (secondary N) is 1. The number of piperidine rings is 1. The van der Waals surface area contributed by atoms with Gasteiger partial charge in [0.25, 0.3) is 0 Å². The number of rotatable bonds is 2. The van der Waals surface area contributed by atoms with E-state index in [-0.39, 0.29) is 0 Å². The third-order valence-corrected chi connectivity index (χ3v) is 6.60. The third-order valence-electron chi connectivity index (χ3n) is 6.60. The van der Waals surface area contributed by atoms with E-state index in [2.05, 4.69) is 12.2 Å². The predicted octanol–water partition coefficient (Wildman–Crippen LogP) is 4.37. The highest BCUT2D eigenvalue weighted by Gasteiger charge is 2.46. The molecule has 1 nitrogen and oxygen atoms in total. The van der Waals surface area contributed by atoms with E-state index in [4.69, 9.17) is 0 Å². The summed E-state index contributed by atoms with van der Waals surface area (Å²) in [5, 5.41) is 3.71. The first kappa shape index (κ1) is 13.0. The summed E-state index contributed by atoms with van der Waals surface area (Å²) in [5.74, 6) is 3.14. The van der Waals surface area contributed by atoms with Crippen LogP contribution in [0.5, 0.6) is 0 Å². The van der Waals surface area contributed by atoms with Gasteiger partial charge < -0.3 is 5.32 Å². The lowest BCUT2D eigenvalue weighted by Crippen LogP contribution is -2.49. The first-order chi connectivity index (χ1) is 8.84. The molecular formula is C17H31N. The van der Waals surface area contributed by atoms with Gasteiger partial charge in [0.2, 0.25) is 0 Å². The van der Waals surface area contributed by atoms with Gasteiger partial charge in [-0.1, -0.05) is 39.0 Å². The summed E-state index contributed by atoms with van der Waals surface area (Å²) in [4.78, 5) is 0. The van der Waals surface area contributed by atoms with Crippen LogP contribution >= 0.6 is 0 Å². The highest BCUT2D eigenvalue weighted by atomic mass is 14.9. The Morgan fingerprint density at radius 2 is 1.72 bits per heavy atom. The maximum atomic E-state index is 3.71. The van der Waals surface area contributed by atoms with Crippen molar-refractivity contribution < 1.29 is 0 Å². The van der Waals surface area contributed by atoms with Crippen molar-refractivity contribution in [3.8, 4) is 0 Å². The highest BCUT2D eigenvalue weighted by molar-refractivity contribution is 4.98. The van der Waals surface area contributed by atoms with Crippen LogP contribution in [0.2, 0.25) is 0 Å². The molecule has 1 atom stereocenters. The second-order valence-electron chi connectivity index (χ2n) is 7.32. The molecule has 1 aliphatic heterocycles. The van der Waals surface area contributed by atoms with E-state index < -0.39 is 0 Å². The van der Waals surface area contributed by atoms with Gasteiger partial charge in [-0.2, -0.15) is 0 Å². The maximum absolute atomic E-state index is 3.71. The Balaban J connectivity index is 1.70. The van der Waals surface area contributed by atoms with Gasteiger partial charge in [0.15, 0.2) is 0 Å². The fourth-order valence-electron chi connectivity index (χ4n) is 5.30. The minimum absolute atomic E-state index is 0.756. The first-order valence-corrected chi connectivity index (χ1v) is 8.55. The summed E-state index contributed by atoms with van der Waals surface area (Å²) < 4.78 is 0. The van der Waals surface area contributed by atoms with Crippen LogP contribution in [0.25, 0.3) is 0 Å². The van der Waals surface area contributed by atoms with E-state index in [0.717, 1.165) is 23.2 Å². The van der Waals surface area contributed by atoms with E-state index in [9.17, 15) is 0 Å². The zero-order chi connectivity index (χ0) is 12.4. The van der Waals surface area contributed by atoms with E-state index >= 15 is 0 Å². The van der Waals surface area contributed by atoms with Crippen molar-refractivity contribution >= 4 is 0 Å². The zero-order valence-corrected chi connectivity index (χ0v) is 12.2. The van der Waals surface area contributed by atoms with Crippen LogP contribution < -0.4 is 5.32 Å². The van der Waals surface area contributed by atoms with Crippen LogP contribution in [0, 0.1) is 23.2 Å². The molecule has 2 aliphatic carbocycles. The Bertz CT molecular complexity index is 259. The molecule has 1 spiro atoms. The molecule has 2 saturated carbocycles. The summed E-state index contributed by atoms with van der Waals surface area (Å²) >= 11 is 0. The highest BCUT2D eigenvalue weighted by Crippen LogP contribution is 2.53. The number of hydrogen-bond acceptors (Lipinski definition) is 1. The molecule has 0 aromatic rings. The van der Waals surface area contributed by atoms with Crippen LogP contribution in [0.15, 0.2) is 0 Å². The lowest BCUT2D eigenvalue weighted by atomic mass is 9.57. The minimum atomic E-state index is 0.756. The van der Waals surface area contributed by atoms with Crippen molar-refractivity contribution in [1.82, 2.24) is 5.32 Å². The van der Waals surface area contributed by atoms with Gasteiger partial charge in [-0.15, -0.1) is 0 Å². The zero-order valence-electron chi connectivity index (χ0n) is 12.2. The van der Waals surface area contributed by atoms with Crippen molar-refractivity contribution in [3.05, 3.63) is 0 Å². The van der Waals surface area contributed by atoms with E-state index in [1.165, 1.54) is 64.5 Å². The Morgan fingerprint density at radius 1 is 1.00 bits per heavy atom.